The van der Waals surface area contributed by atoms with Crippen molar-refractivity contribution in [1.82, 2.24) is 9.62 Å². The lowest BCUT2D eigenvalue weighted by molar-refractivity contribution is 0.165. The average molecular weight is 455 g/mol. The molecule has 0 amide bonds. The number of hydrogen-bond acceptors (Lipinski definition) is 5. The van der Waals surface area contributed by atoms with E-state index in [4.69, 9.17) is 4.55 Å². The van der Waals surface area contributed by atoms with Crippen molar-refractivity contribution in [3.8, 4) is 0 Å². The van der Waals surface area contributed by atoms with Crippen molar-refractivity contribution in [2.45, 2.75) is 24.2 Å². The molecule has 0 spiro atoms. The van der Waals surface area contributed by atoms with Gasteiger partial charge in [0.2, 0.25) is 10.0 Å². The Kier molecular flexibility index (Phi) is 8.57. The van der Waals surface area contributed by atoms with Crippen molar-refractivity contribution in [2.75, 3.05) is 32.9 Å². The van der Waals surface area contributed by atoms with Crippen LogP contribution in [0.1, 0.15) is 18.4 Å². The van der Waals surface area contributed by atoms with Gasteiger partial charge in [-0.05, 0) is 55.5 Å². The quantitative estimate of drug-likeness (QED) is 0.650. The first-order chi connectivity index (χ1) is 14.0. The highest BCUT2D eigenvalue weighted by atomic mass is 32.2. The summed E-state index contributed by atoms with van der Waals surface area (Å²) in [6.07, 6.45) is 4.25. The predicted octanol–water partition coefficient (Wildman–Crippen LogP) is 2.42. The average Bonchev–Trinajstić information content (AvgIpc) is 2.69. The van der Waals surface area contributed by atoms with E-state index in [1.54, 1.807) is 25.2 Å². The van der Waals surface area contributed by atoms with Crippen LogP contribution in [0.3, 0.4) is 0 Å². The lowest BCUT2D eigenvalue weighted by Crippen LogP contribution is -2.46. The van der Waals surface area contributed by atoms with Gasteiger partial charge in [0.25, 0.3) is 10.1 Å². The van der Waals surface area contributed by atoms with Gasteiger partial charge in [-0.1, -0.05) is 48.5 Å². The van der Waals surface area contributed by atoms with Gasteiger partial charge in [0.15, 0.2) is 0 Å². The SMILES string of the molecule is CN(CC1(Cc2ccccc2)CCNCC1)S(C)(=O)=O.O=S(=O)(O)c1ccccc1. The summed E-state index contributed by atoms with van der Waals surface area (Å²) in [7, 11) is -5.44. The highest BCUT2D eigenvalue weighted by Gasteiger charge is 2.35. The molecule has 2 aromatic rings. The molecule has 7 nitrogen and oxygen atoms in total. The Bertz CT molecular complexity index is 988. The summed E-state index contributed by atoms with van der Waals surface area (Å²) in [6, 6.07) is 17.8. The molecule has 1 heterocycles. The van der Waals surface area contributed by atoms with E-state index in [9.17, 15) is 16.8 Å². The Balaban J connectivity index is 0.000000269. The summed E-state index contributed by atoms with van der Waals surface area (Å²) in [4.78, 5) is -0.0741. The maximum atomic E-state index is 11.7. The third-order valence-electron chi connectivity index (χ3n) is 5.25. The molecule has 0 bridgehead atoms. The van der Waals surface area contributed by atoms with Crippen LogP contribution >= 0.6 is 0 Å². The normalized spacial score (nSPS) is 16.5. The number of nitrogens with one attached hydrogen (secondary N) is 1. The molecule has 1 fully saturated rings. The summed E-state index contributed by atoms with van der Waals surface area (Å²) >= 11 is 0. The van der Waals surface area contributed by atoms with Crippen molar-refractivity contribution < 1.29 is 21.4 Å². The van der Waals surface area contributed by atoms with Gasteiger partial charge in [-0.15, -0.1) is 0 Å². The van der Waals surface area contributed by atoms with E-state index < -0.39 is 20.1 Å². The minimum absolute atomic E-state index is 0.0461. The van der Waals surface area contributed by atoms with Crippen molar-refractivity contribution in [3.63, 3.8) is 0 Å². The fourth-order valence-corrected chi connectivity index (χ4v) is 4.57. The largest absolute Gasteiger partial charge is 0.317 e. The van der Waals surface area contributed by atoms with Crippen LogP contribution in [-0.4, -0.2) is 58.6 Å². The van der Waals surface area contributed by atoms with Crippen LogP contribution in [0.15, 0.2) is 65.6 Å². The minimum Gasteiger partial charge on any atom is -0.317 e. The number of benzene rings is 2. The van der Waals surface area contributed by atoms with Gasteiger partial charge < -0.3 is 5.32 Å². The van der Waals surface area contributed by atoms with Crippen molar-refractivity contribution in [3.05, 3.63) is 66.2 Å². The molecule has 0 aromatic heterocycles. The number of nitrogens with zero attached hydrogens (tertiary/aromatic N) is 1. The smallest absolute Gasteiger partial charge is 0.294 e. The van der Waals surface area contributed by atoms with E-state index in [1.807, 2.05) is 18.2 Å². The molecule has 3 rings (SSSR count). The van der Waals surface area contributed by atoms with E-state index in [0.717, 1.165) is 32.4 Å². The zero-order valence-corrected chi connectivity index (χ0v) is 19.0. The monoisotopic (exact) mass is 454 g/mol. The molecule has 9 heteroatoms. The van der Waals surface area contributed by atoms with E-state index in [2.05, 4.69) is 17.4 Å². The lowest BCUT2D eigenvalue weighted by atomic mass is 9.74. The maximum Gasteiger partial charge on any atom is 0.294 e. The number of hydrogen-bond donors (Lipinski definition) is 2. The van der Waals surface area contributed by atoms with E-state index in [-0.39, 0.29) is 10.3 Å². The highest BCUT2D eigenvalue weighted by molar-refractivity contribution is 7.88. The molecule has 0 aliphatic carbocycles. The number of sulfonamides is 1. The first-order valence-corrected chi connectivity index (χ1v) is 13.0. The summed E-state index contributed by atoms with van der Waals surface area (Å²) < 4.78 is 54.2. The Labute approximate surface area is 179 Å². The van der Waals surface area contributed by atoms with E-state index >= 15 is 0 Å². The fourth-order valence-electron chi connectivity index (χ4n) is 3.56. The Hall–Kier alpha value is -1.78. The second kappa shape index (κ2) is 10.5. The van der Waals surface area contributed by atoms with E-state index in [0.29, 0.717) is 6.54 Å². The van der Waals surface area contributed by atoms with Crippen molar-refractivity contribution >= 4 is 20.1 Å². The van der Waals surface area contributed by atoms with Gasteiger partial charge in [-0.2, -0.15) is 8.42 Å². The molecule has 1 aliphatic heterocycles. The Morgan fingerprint density at radius 1 is 0.933 bits per heavy atom. The first kappa shape index (κ1) is 24.5. The van der Waals surface area contributed by atoms with Crippen molar-refractivity contribution in [2.24, 2.45) is 5.41 Å². The van der Waals surface area contributed by atoms with Gasteiger partial charge in [0, 0.05) is 13.6 Å². The predicted molar refractivity (Wildman–Crippen MR) is 118 cm³/mol. The molecule has 1 saturated heterocycles. The van der Waals surface area contributed by atoms with Crippen molar-refractivity contribution in [1.29, 1.82) is 0 Å². The fraction of sp³-hybridized carbons (Fsp3) is 0.429. The third kappa shape index (κ3) is 7.81. The van der Waals surface area contributed by atoms with Crippen LogP contribution in [0.5, 0.6) is 0 Å². The first-order valence-electron chi connectivity index (χ1n) is 9.70. The van der Waals surface area contributed by atoms with Crippen LogP contribution in [0.25, 0.3) is 0 Å². The molecule has 2 aromatic carbocycles. The van der Waals surface area contributed by atoms with E-state index in [1.165, 1.54) is 28.3 Å². The molecular formula is C21H30N2O5S2. The molecule has 166 valence electrons. The summed E-state index contributed by atoms with van der Waals surface area (Å²) in [5.74, 6) is 0. The van der Waals surface area contributed by atoms with Crippen LogP contribution in [0, 0.1) is 5.41 Å². The van der Waals surface area contributed by atoms with Crippen LogP contribution in [0.2, 0.25) is 0 Å². The molecule has 0 saturated carbocycles. The minimum atomic E-state index is -4.00. The van der Waals surface area contributed by atoms with Gasteiger partial charge in [-0.25, -0.2) is 12.7 Å². The second-order valence-corrected chi connectivity index (χ2v) is 11.2. The molecule has 1 aliphatic rings. The van der Waals surface area contributed by atoms with Crippen LogP contribution in [0.4, 0.5) is 0 Å². The summed E-state index contributed by atoms with van der Waals surface area (Å²) in [6.45, 7) is 2.53. The molecule has 0 radical (unpaired) electrons. The molecule has 2 N–H and O–H groups in total. The van der Waals surface area contributed by atoms with Gasteiger partial charge in [0.05, 0.1) is 11.2 Å². The molecule has 0 unspecified atom stereocenters. The molecular weight excluding hydrogens is 424 g/mol. The zero-order chi connectivity index (χ0) is 22.3. The summed E-state index contributed by atoms with van der Waals surface area (Å²) in [5, 5.41) is 3.37. The molecule has 30 heavy (non-hydrogen) atoms. The summed E-state index contributed by atoms with van der Waals surface area (Å²) in [5.41, 5.74) is 1.33. The molecule has 0 atom stereocenters. The maximum absolute atomic E-state index is 11.7. The van der Waals surface area contributed by atoms with Gasteiger partial charge >= 0.3 is 0 Å². The Morgan fingerprint density at radius 2 is 1.43 bits per heavy atom. The topological polar surface area (TPSA) is 104 Å². The highest BCUT2D eigenvalue weighted by Crippen LogP contribution is 2.34. The lowest BCUT2D eigenvalue weighted by Gasteiger charge is -2.40. The van der Waals surface area contributed by atoms with Crippen LogP contribution < -0.4 is 5.32 Å². The second-order valence-electron chi connectivity index (χ2n) is 7.72. The number of rotatable bonds is 6. The Morgan fingerprint density at radius 3 is 1.87 bits per heavy atom. The van der Waals surface area contributed by atoms with Gasteiger partial charge in [-0.3, -0.25) is 4.55 Å². The number of piperidine rings is 1. The van der Waals surface area contributed by atoms with Gasteiger partial charge in [0.1, 0.15) is 0 Å². The van der Waals surface area contributed by atoms with Crippen LogP contribution in [-0.2, 0) is 26.6 Å². The standard InChI is InChI=1S/C15H24N2O2S.C6H6O3S/c1-17(20(2,18)19)13-15(8-10-16-11-9-15)12-14-6-4-3-5-7-14;7-10(8,9)6-4-2-1-3-5-6/h3-7,16H,8-13H2,1-2H3;1-5H,(H,7,8,9). The zero-order valence-electron chi connectivity index (χ0n) is 17.4. The third-order valence-corrected chi connectivity index (χ3v) is 7.38.